The maximum atomic E-state index is 11.0. The molecular weight excluding hydrogens is 244 g/mol. The minimum Gasteiger partial charge on any atom is -0.321 e. The average Bonchev–Trinajstić information content (AvgIpc) is 2.86. The van der Waals surface area contributed by atoms with Gasteiger partial charge in [-0.1, -0.05) is 30.3 Å². The van der Waals surface area contributed by atoms with Gasteiger partial charge in [0.05, 0.1) is 5.69 Å². The van der Waals surface area contributed by atoms with Crippen molar-refractivity contribution in [3.05, 3.63) is 52.8 Å². The highest BCUT2D eigenvalue weighted by Crippen LogP contribution is 2.25. The van der Waals surface area contributed by atoms with Crippen molar-refractivity contribution in [3.63, 3.8) is 0 Å². The molecule has 19 heavy (non-hydrogen) atoms. The molecule has 94 valence electrons. The summed E-state index contributed by atoms with van der Waals surface area (Å²) in [6, 6.07) is 9.74. The van der Waals surface area contributed by atoms with Crippen LogP contribution in [0.15, 0.2) is 46.0 Å². The van der Waals surface area contributed by atoms with Crippen LogP contribution in [0.25, 0.3) is 22.8 Å². The van der Waals surface area contributed by atoms with Gasteiger partial charge >= 0.3 is 5.76 Å². The molecule has 0 radical (unpaired) electrons. The summed E-state index contributed by atoms with van der Waals surface area (Å²) < 4.78 is 4.57. The molecule has 0 saturated heterocycles. The zero-order valence-electron chi connectivity index (χ0n) is 10.1. The van der Waals surface area contributed by atoms with Crippen molar-refractivity contribution in [3.8, 4) is 22.8 Å². The van der Waals surface area contributed by atoms with E-state index in [0.29, 0.717) is 11.5 Å². The molecule has 2 heterocycles. The molecule has 3 rings (SSSR count). The number of aromatic nitrogens is 4. The molecule has 1 N–H and O–H groups in total. The van der Waals surface area contributed by atoms with E-state index in [0.717, 1.165) is 16.8 Å². The Morgan fingerprint density at radius 3 is 2.53 bits per heavy atom. The van der Waals surface area contributed by atoms with Crippen LogP contribution in [0.4, 0.5) is 0 Å². The lowest BCUT2D eigenvalue weighted by atomic mass is 10.1. The van der Waals surface area contributed by atoms with Gasteiger partial charge in [0.1, 0.15) is 12.0 Å². The number of hydrogen-bond donors (Lipinski definition) is 1. The molecule has 3 aromatic rings. The van der Waals surface area contributed by atoms with Gasteiger partial charge in [-0.05, 0) is 6.92 Å². The van der Waals surface area contributed by atoms with E-state index in [9.17, 15) is 4.79 Å². The second-order valence-electron chi connectivity index (χ2n) is 3.99. The summed E-state index contributed by atoms with van der Waals surface area (Å²) in [6.07, 6.45) is 1.44. The number of nitrogens with zero attached hydrogens (tertiary/aromatic N) is 3. The molecule has 1 aromatic carbocycles. The predicted molar refractivity (Wildman–Crippen MR) is 68.3 cm³/mol. The molecule has 0 aliphatic heterocycles. The highest BCUT2D eigenvalue weighted by molar-refractivity contribution is 5.69. The predicted octanol–water partition coefficient (Wildman–Crippen LogP) is 1.80. The summed E-state index contributed by atoms with van der Waals surface area (Å²) >= 11 is 0. The monoisotopic (exact) mass is 254 g/mol. The molecule has 0 saturated carbocycles. The van der Waals surface area contributed by atoms with Crippen LogP contribution in [-0.4, -0.2) is 20.1 Å². The fraction of sp³-hybridized carbons (Fsp3) is 0.0769. The number of aromatic amines is 1. The van der Waals surface area contributed by atoms with Gasteiger partial charge in [-0.25, -0.2) is 14.8 Å². The van der Waals surface area contributed by atoms with Crippen molar-refractivity contribution in [2.24, 2.45) is 0 Å². The van der Waals surface area contributed by atoms with E-state index < -0.39 is 5.76 Å². The summed E-state index contributed by atoms with van der Waals surface area (Å²) in [5.74, 6) is -0.364. The topological polar surface area (TPSA) is 84.7 Å². The number of H-pyrrole nitrogens is 1. The zero-order chi connectivity index (χ0) is 13.2. The van der Waals surface area contributed by atoms with Crippen molar-refractivity contribution in [1.29, 1.82) is 0 Å². The molecule has 6 heteroatoms. The molecule has 0 fully saturated rings. The SMILES string of the molecule is Cc1c(-c2ccccc2)ncnc1-c1nc(=O)o[nH]1. The van der Waals surface area contributed by atoms with Gasteiger partial charge in [0.15, 0.2) is 5.82 Å². The summed E-state index contributed by atoms with van der Waals surface area (Å²) in [4.78, 5) is 23.1. The molecule has 0 aliphatic rings. The van der Waals surface area contributed by atoms with E-state index in [2.05, 4.69) is 24.6 Å². The Morgan fingerprint density at radius 2 is 1.84 bits per heavy atom. The van der Waals surface area contributed by atoms with Crippen molar-refractivity contribution >= 4 is 0 Å². The Hall–Kier alpha value is -2.76. The van der Waals surface area contributed by atoms with E-state index in [1.54, 1.807) is 0 Å². The number of rotatable bonds is 2. The fourth-order valence-corrected chi connectivity index (χ4v) is 1.91. The van der Waals surface area contributed by atoms with Crippen molar-refractivity contribution in [1.82, 2.24) is 20.1 Å². The van der Waals surface area contributed by atoms with Crippen LogP contribution in [0.1, 0.15) is 5.56 Å². The van der Waals surface area contributed by atoms with Gasteiger partial charge in [0, 0.05) is 11.1 Å². The molecule has 0 atom stereocenters. The van der Waals surface area contributed by atoms with E-state index in [1.807, 2.05) is 37.3 Å². The molecule has 0 unspecified atom stereocenters. The molecule has 6 nitrogen and oxygen atoms in total. The van der Waals surface area contributed by atoms with Crippen LogP contribution in [0.2, 0.25) is 0 Å². The van der Waals surface area contributed by atoms with Gasteiger partial charge in [-0.15, -0.1) is 0 Å². The first kappa shape index (κ1) is 11.3. The third kappa shape index (κ3) is 2.03. The quantitative estimate of drug-likeness (QED) is 0.753. The summed E-state index contributed by atoms with van der Waals surface area (Å²) in [6.45, 7) is 1.88. The Bertz CT molecular complexity index is 762. The third-order valence-electron chi connectivity index (χ3n) is 2.79. The van der Waals surface area contributed by atoms with Crippen LogP contribution in [-0.2, 0) is 0 Å². The van der Waals surface area contributed by atoms with Crippen molar-refractivity contribution in [2.45, 2.75) is 6.92 Å². The number of hydrogen-bond acceptors (Lipinski definition) is 5. The lowest BCUT2D eigenvalue weighted by molar-refractivity contribution is 0.387. The fourth-order valence-electron chi connectivity index (χ4n) is 1.91. The van der Waals surface area contributed by atoms with Crippen molar-refractivity contribution < 1.29 is 4.52 Å². The lowest BCUT2D eigenvalue weighted by Crippen LogP contribution is -1.99. The van der Waals surface area contributed by atoms with Crippen LogP contribution >= 0.6 is 0 Å². The molecule has 0 aliphatic carbocycles. The second kappa shape index (κ2) is 4.49. The molecule has 0 spiro atoms. The lowest BCUT2D eigenvalue weighted by Gasteiger charge is -2.07. The summed E-state index contributed by atoms with van der Waals surface area (Å²) in [5.41, 5.74) is 3.17. The van der Waals surface area contributed by atoms with Crippen LogP contribution in [0.3, 0.4) is 0 Å². The van der Waals surface area contributed by atoms with Gasteiger partial charge in [-0.2, -0.15) is 10.1 Å². The van der Waals surface area contributed by atoms with E-state index in [-0.39, 0.29) is 0 Å². The highest BCUT2D eigenvalue weighted by atomic mass is 16.5. The Balaban J connectivity index is 2.17. The Morgan fingerprint density at radius 1 is 1.11 bits per heavy atom. The van der Waals surface area contributed by atoms with Gasteiger partial charge in [0.25, 0.3) is 0 Å². The molecule has 0 bridgehead atoms. The van der Waals surface area contributed by atoms with E-state index in [1.165, 1.54) is 6.33 Å². The zero-order valence-corrected chi connectivity index (χ0v) is 10.1. The van der Waals surface area contributed by atoms with E-state index in [4.69, 9.17) is 0 Å². The standard InChI is InChI=1S/C13H10N4O2/c1-8-10(9-5-3-2-4-6-9)14-7-15-11(8)12-16-13(18)19-17-12/h2-7H,1H3,(H,16,17,18). The molecule has 2 aromatic heterocycles. The molecule has 0 amide bonds. The van der Waals surface area contributed by atoms with E-state index >= 15 is 0 Å². The largest absolute Gasteiger partial charge is 0.460 e. The van der Waals surface area contributed by atoms with Gasteiger partial charge in [-0.3, -0.25) is 0 Å². The van der Waals surface area contributed by atoms with Crippen molar-refractivity contribution in [2.75, 3.05) is 0 Å². The van der Waals surface area contributed by atoms with Crippen LogP contribution in [0.5, 0.6) is 0 Å². The van der Waals surface area contributed by atoms with Crippen LogP contribution < -0.4 is 5.76 Å². The first-order valence-electron chi connectivity index (χ1n) is 5.68. The third-order valence-corrected chi connectivity index (χ3v) is 2.79. The maximum absolute atomic E-state index is 11.0. The Labute approximate surface area is 108 Å². The maximum Gasteiger partial charge on any atom is 0.460 e. The first-order valence-corrected chi connectivity index (χ1v) is 5.68. The summed E-state index contributed by atoms with van der Waals surface area (Å²) in [7, 11) is 0. The van der Waals surface area contributed by atoms with Gasteiger partial charge in [0.2, 0.25) is 0 Å². The number of benzene rings is 1. The first-order chi connectivity index (χ1) is 9.25. The highest BCUT2D eigenvalue weighted by Gasteiger charge is 2.13. The molecular formula is C13H10N4O2. The second-order valence-corrected chi connectivity index (χ2v) is 3.99. The Kier molecular flexibility index (Phi) is 2.68. The van der Waals surface area contributed by atoms with Gasteiger partial charge < -0.3 is 4.52 Å². The minimum absolute atomic E-state index is 0.307. The van der Waals surface area contributed by atoms with Crippen LogP contribution in [0, 0.1) is 6.92 Å². The minimum atomic E-state index is -0.672. The summed E-state index contributed by atoms with van der Waals surface area (Å²) in [5, 5.41) is 2.45. The number of nitrogens with one attached hydrogen (secondary N) is 1. The average molecular weight is 254 g/mol. The smallest absolute Gasteiger partial charge is 0.321 e. The normalized spacial score (nSPS) is 10.6.